The van der Waals surface area contributed by atoms with Crippen molar-refractivity contribution in [2.45, 2.75) is 27.2 Å². The van der Waals surface area contributed by atoms with Crippen molar-refractivity contribution in [3.05, 3.63) is 11.1 Å². The molecule has 116 valence electrons. The van der Waals surface area contributed by atoms with Gasteiger partial charge < -0.3 is 15.7 Å². The van der Waals surface area contributed by atoms with Crippen LogP contribution in [0.1, 0.15) is 37.7 Å². The minimum atomic E-state index is -0.929. The number of thiazole rings is 1. The number of nitrogens with zero attached hydrogens (tertiary/aromatic N) is 1. The van der Waals surface area contributed by atoms with Gasteiger partial charge in [0.15, 0.2) is 5.13 Å². The molecule has 1 rings (SSSR count). The van der Waals surface area contributed by atoms with Gasteiger partial charge in [0, 0.05) is 18.8 Å². The largest absolute Gasteiger partial charge is 0.481 e. The first kappa shape index (κ1) is 17.1. The maximum Gasteiger partial charge on any atom is 0.308 e. The number of nitrogens with one attached hydrogen (secondary N) is 2. The Morgan fingerprint density at radius 2 is 2.05 bits per heavy atom. The number of carboxylic acids is 1. The smallest absolute Gasteiger partial charge is 0.308 e. The molecule has 1 heterocycles. The molecule has 8 heteroatoms. The number of hydrogen-bond donors (Lipinski definition) is 3. The highest BCUT2D eigenvalue weighted by atomic mass is 32.1. The summed E-state index contributed by atoms with van der Waals surface area (Å²) >= 11 is 1.14. The topological polar surface area (TPSA) is 108 Å². The highest BCUT2D eigenvalue weighted by molar-refractivity contribution is 7.14. The molecule has 0 aliphatic carbocycles. The van der Waals surface area contributed by atoms with Crippen LogP contribution in [-0.4, -0.2) is 34.4 Å². The summed E-state index contributed by atoms with van der Waals surface area (Å²) in [4.78, 5) is 37.8. The van der Waals surface area contributed by atoms with Crippen molar-refractivity contribution in [3.8, 4) is 0 Å². The van der Waals surface area contributed by atoms with Gasteiger partial charge >= 0.3 is 5.97 Å². The van der Waals surface area contributed by atoms with Crippen molar-refractivity contribution in [1.29, 1.82) is 0 Å². The van der Waals surface area contributed by atoms with E-state index in [0.29, 0.717) is 11.6 Å². The van der Waals surface area contributed by atoms with E-state index in [9.17, 15) is 14.4 Å². The van der Waals surface area contributed by atoms with Gasteiger partial charge in [-0.05, 0) is 12.3 Å². The number of aliphatic carboxylic acids is 1. The van der Waals surface area contributed by atoms with Crippen LogP contribution >= 0.6 is 11.3 Å². The van der Waals surface area contributed by atoms with E-state index in [4.69, 9.17) is 5.11 Å². The second-order valence-electron chi connectivity index (χ2n) is 5.09. The molecule has 0 aromatic carbocycles. The van der Waals surface area contributed by atoms with E-state index in [0.717, 1.165) is 11.3 Å². The van der Waals surface area contributed by atoms with Crippen molar-refractivity contribution in [3.63, 3.8) is 0 Å². The van der Waals surface area contributed by atoms with E-state index in [1.165, 1.54) is 12.3 Å². The lowest BCUT2D eigenvalue weighted by Crippen LogP contribution is -2.33. The lowest BCUT2D eigenvalue weighted by molar-refractivity contribution is -0.142. The maximum atomic E-state index is 11.9. The fourth-order valence-electron chi connectivity index (χ4n) is 1.73. The molecule has 2 amide bonds. The van der Waals surface area contributed by atoms with Gasteiger partial charge in [0.1, 0.15) is 5.69 Å². The van der Waals surface area contributed by atoms with Gasteiger partial charge in [-0.3, -0.25) is 14.4 Å². The molecule has 1 aromatic rings. The van der Waals surface area contributed by atoms with Crippen LogP contribution in [-0.2, 0) is 9.59 Å². The lowest BCUT2D eigenvalue weighted by atomic mass is 9.97. The summed E-state index contributed by atoms with van der Waals surface area (Å²) in [6.07, 6.45) is 0.490. The number of carboxylic acid groups (broad SMARTS) is 1. The Morgan fingerprint density at radius 1 is 1.38 bits per heavy atom. The SMILES string of the molecule is CC(=O)Nc1nc(C(=O)NCC(CC(C)C)C(=O)O)cs1. The normalized spacial score (nSPS) is 12.0. The zero-order chi connectivity index (χ0) is 16.0. The minimum absolute atomic E-state index is 0.0549. The fraction of sp³-hybridized carbons (Fsp3) is 0.538. The molecule has 0 bridgehead atoms. The van der Waals surface area contributed by atoms with Crippen LogP contribution in [0.25, 0.3) is 0 Å². The van der Waals surface area contributed by atoms with Gasteiger partial charge in [0.2, 0.25) is 5.91 Å². The van der Waals surface area contributed by atoms with Gasteiger partial charge in [0.25, 0.3) is 5.91 Å². The second kappa shape index (κ2) is 7.72. The molecule has 0 spiro atoms. The molecule has 1 atom stereocenters. The zero-order valence-corrected chi connectivity index (χ0v) is 13.0. The maximum absolute atomic E-state index is 11.9. The van der Waals surface area contributed by atoms with Gasteiger partial charge in [-0.1, -0.05) is 13.8 Å². The molecule has 1 unspecified atom stereocenters. The average molecular weight is 313 g/mol. The first-order valence-electron chi connectivity index (χ1n) is 6.53. The van der Waals surface area contributed by atoms with Crippen molar-refractivity contribution in [2.75, 3.05) is 11.9 Å². The number of aromatic nitrogens is 1. The predicted octanol–water partition coefficient (Wildman–Crippen LogP) is 1.58. The van der Waals surface area contributed by atoms with Gasteiger partial charge in [-0.25, -0.2) is 4.98 Å². The standard InChI is InChI=1S/C13H19N3O4S/c1-7(2)4-9(12(19)20)5-14-11(18)10-6-21-13(16-10)15-8(3)17/h6-7,9H,4-5H2,1-3H3,(H,14,18)(H,19,20)(H,15,16,17). The molecule has 0 saturated heterocycles. The van der Waals surface area contributed by atoms with E-state index >= 15 is 0 Å². The molecule has 7 nitrogen and oxygen atoms in total. The van der Waals surface area contributed by atoms with Gasteiger partial charge in [-0.15, -0.1) is 11.3 Å². The van der Waals surface area contributed by atoms with Crippen LogP contribution in [0, 0.1) is 11.8 Å². The summed E-state index contributed by atoms with van der Waals surface area (Å²) in [6.45, 7) is 5.26. The summed E-state index contributed by atoms with van der Waals surface area (Å²) in [5, 5.41) is 16.0. The first-order valence-corrected chi connectivity index (χ1v) is 7.41. The number of carbonyl (C=O) groups is 3. The van der Waals surface area contributed by atoms with E-state index in [1.54, 1.807) is 0 Å². The molecule has 21 heavy (non-hydrogen) atoms. The summed E-state index contributed by atoms with van der Waals surface area (Å²) < 4.78 is 0. The Bertz CT molecular complexity index is 527. The van der Waals surface area contributed by atoms with Crippen molar-refractivity contribution in [2.24, 2.45) is 11.8 Å². The van der Waals surface area contributed by atoms with Gasteiger partial charge in [0.05, 0.1) is 5.92 Å². The van der Waals surface area contributed by atoms with Crippen molar-refractivity contribution < 1.29 is 19.5 Å². The molecular formula is C13H19N3O4S. The molecule has 0 saturated carbocycles. The molecule has 3 N–H and O–H groups in total. The Kier molecular flexibility index (Phi) is 6.29. The van der Waals surface area contributed by atoms with E-state index in [2.05, 4.69) is 15.6 Å². The van der Waals surface area contributed by atoms with Crippen molar-refractivity contribution >= 4 is 34.3 Å². The van der Waals surface area contributed by atoms with Crippen molar-refractivity contribution in [1.82, 2.24) is 10.3 Å². The number of rotatable bonds is 7. The Morgan fingerprint density at radius 3 is 2.57 bits per heavy atom. The Balaban J connectivity index is 2.57. The molecule has 0 aliphatic rings. The van der Waals surface area contributed by atoms with Crippen LogP contribution in [0.2, 0.25) is 0 Å². The van der Waals surface area contributed by atoms with Crippen LogP contribution < -0.4 is 10.6 Å². The Labute approximate surface area is 126 Å². The summed E-state index contributed by atoms with van der Waals surface area (Å²) in [6, 6.07) is 0. The third-order valence-electron chi connectivity index (χ3n) is 2.63. The number of anilines is 1. The number of amides is 2. The third-order valence-corrected chi connectivity index (χ3v) is 3.39. The zero-order valence-electron chi connectivity index (χ0n) is 12.2. The van der Waals surface area contributed by atoms with Crippen LogP contribution in [0.4, 0.5) is 5.13 Å². The lowest BCUT2D eigenvalue weighted by Gasteiger charge is -2.14. The number of hydrogen-bond acceptors (Lipinski definition) is 5. The molecule has 0 aliphatic heterocycles. The number of carbonyl (C=O) groups excluding carboxylic acids is 2. The molecule has 0 radical (unpaired) electrons. The van der Waals surface area contributed by atoms with E-state index in [-0.39, 0.29) is 24.1 Å². The highest BCUT2D eigenvalue weighted by Gasteiger charge is 2.20. The summed E-state index contributed by atoms with van der Waals surface area (Å²) in [7, 11) is 0. The predicted molar refractivity (Wildman–Crippen MR) is 79.3 cm³/mol. The average Bonchev–Trinajstić information content (AvgIpc) is 2.80. The minimum Gasteiger partial charge on any atom is -0.481 e. The quantitative estimate of drug-likeness (QED) is 0.708. The molecular weight excluding hydrogens is 294 g/mol. The summed E-state index contributed by atoms with van der Waals surface area (Å²) in [5.74, 6) is -2.03. The second-order valence-corrected chi connectivity index (χ2v) is 5.95. The summed E-state index contributed by atoms with van der Waals surface area (Å²) in [5.41, 5.74) is 0.164. The van der Waals surface area contributed by atoms with Crippen LogP contribution in [0.3, 0.4) is 0 Å². The monoisotopic (exact) mass is 313 g/mol. The van der Waals surface area contributed by atoms with Crippen LogP contribution in [0.5, 0.6) is 0 Å². The van der Waals surface area contributed by atoms with Crippen LogP contribution in [0.15, 0.2) is 5.38 Å². The third kappa shape index (κ3) is 5.90. The fourth-order valence-corrected chi connectivity index (χ4v) is 2.47. The molecule has 0 fully saturated rings. The van der Waals surface area contributed by atoms with E-state index in [1.807, 2.05) is 13.8 Å². The van der Waals surface area contributed by atoms with Gasteiger partial charge in [-0.2, -0.15) is 0 Å². The molecule has 1 aromatic heterocycles. The Hall–Kier alpha value is -1.96. The first-order chi connectivity index (χ1) is 9.79. The van der Waals surface area contributed by atoms with E-state index < -0.39 is 17.8 Å². The highest BCUT2D eigenvalue weighted by Crippen LogP contribution is 2.16.